The fourth-order valence-electron chi connectivity index (χ4n) is 2.37. The molecule has 0 aromatic rings. The van der Waals surface area contributed by atoms with Crippen molar-refractivity contribution in [1.29, 1.82) is 0 Å². The van der Waals surface area contributed by atoms with E-state index in [0.29, 0.717) is 19.3 Å². The van der Waals surface area contributed by atoms with Gasteiger partial charge in [0.1, 0.15) is 5.60 Å². The van der Waals surface area contributed by atoms with Crippen molar-refractivity contribution in [3.8, 4) is 0 Å². The molecule has 0 spiro atoms. The summed E-state index contributed by atoms with van der Waals surface area (Å²) in [6.07, 6.45) is 1.57. The van der Waals surface area contributed by atoms with Crippen LogP contribution in [0.3, 0.4) is 0 Å². The molecule has 0 aliphatic heterocycles. The maximum Gasteiger partial charge on any atom is 0.407 e. The molecule has 0 aromatic heterocycles. The van der Waals surface area contributed by atoms with Gasteiger partial charge in [-0.3, -0.25) is 4.79 Å². The first-order valence-electron chi connectivity index (χ1n) is 6.41. The molecule has 1 aliphatic rings. The predicted octanol–water partition coefficient (Wildman–Crippen LogP) is 2.40. The Labute approximate surface area is 108 Å². The fourth-order valence-corrected chi connectivity index (χ4v) is 2.37. The second kappa shape index (κ2) is 5.59. The normalized spacial score (nSPS) is 28.6. The van der Waals surface area contributed by atoms with Gasteiger partial charge < -0.3 is 15.2 Å². The maximum absolute atomic E-state index is 11.6. The second-order valence-corrected chi connectivity index (χ2v) is 6.08. The highest BCUT2D eigenvalue weighted by Crippen LogP contribution is 2.30. The summed E-state index contributed by atoms with van der Waals surface area (Å²) in [5.41, 5.74) is -0.506. The highest BCUT2D eigenvalue weighted by Gasteiger charge is 2.33. The van der Waals surface area contributed by atoms with E-state index in [1.54, 1.807) is 0 Å². The first kappa shape index (κ1) is 14.8. The average Bonchev–Trinajstić information content (AvgIpc) is 2.13. The molecule has 1 unspecified atom stereocenters. The van der Waals surface area contributed by atoms with Crippen molar-refractivity contribution >= 4 is 12.1 Å². The third-order valence-corrected chi connectivity index (χ3v) is 3.21. The van der Waals surface area contributed by atoms with Crippen LogP contribution in [0.4, 0.5) is 4.79 Å². The third-order valence-electron chi connectivity index (χ3n) is 3.21. The number of ether oxygens (including phenoxy) is 1. The van der Waals surface area contributed by atoms with E-state index in [1.807, 2.05) is 27.7 Å². The summed E-state index contributed by atoms with van der Waals surface area (Å²) in [7, 11) is 0. The van der Waals surface area contributed by atoms with Gasteiger partial charge in [0.05, 0.1) is 5.92 Å². The van der Waals surface area contributed by atoms with Gasteiger partial charge in [-0.15, -0.1) is 0 Å². The first-order valence-corrected chi connectivity index (χ1v) is 6.41. The van der Waals surface area contributed by atoms with Crippen LogP contribution in [0.1, 0.15) is 47.0 Å². The van der Waals surface area contributed by atoms with Gasteiger partial charge in [0.15, 0.2) is 0 Å². The molecule has 0 radical (unpaired) electrons. The van der Waals surface area contributed by atoms with Crippen LogP contribution in [0, 0.1) is 11.8 Å². The number of carboxylic acid groups (broad SMARTS) is 1. The lowest BCUT2D eigenvalue weighted by atomic mass is 9.78. The molecule has 5 heteroatoms. The minimum Gasteiger partial charge on any atom is -0.481 e. The number of alkyl carbamates (subject to hydrolysis) is 1. The van der Waals surface area contributed by atoms with Crippen LogP contribution in [0.5, 0.6) is 0 Å². The van der Waals surface area contributed by atoms with Gasteiger partial charge in [-0.05, 0) is 46.0 Å². The van der Waals surface area contributed by atoms with Gasteiger partial charge in [0.2, 0.25) is 0 Å². The summed E-state index contributed by atoms with van der Waals surface area (Å²) in [6, 6.07) is 0.0189. The van der Waals surface area contributed by atoms with Gasteiger partial charge in [0, 0.05) is 6.04 Å². The Bertz CT molecular complexity index is 321. The summed E-state index contributed by atoms with van der Waals surface area (Å²) < 4.78 is 5.18. The Balaban J connectivity index is 2.43. The molecular formula is C13H23NO4. The fraction of sp³-hybridized carbons (Fsp3) is 0.846. The van der Waals surface area contributed by atoms with Crippen LogP contribution in [-0.2, 0) is 9.53 Å². The zero-order valence-corrected chi connectivity index (χ0v) is 11.5. The third kappa shape index (κ3) is 4.55. The zero-order chi connectivity index (χ0) is 13.9. The highest BCUT2D eigenvalue weighted by molar-refractivity contribution is 5.71. The SMILES string of the molecule is C[C@H]1C[C@@H](NC(=O)OC(C)(C)C)CCC1C(=O)O. The Kier molecular flexibility index (Phi) is 4.59. The minimum atomic E-state index is -0.738. The largest absolute Gasteiger partial charge is 0.481 e. The van der Waals surface area contributed by atoms with Crippen molar-refractivity contribution in [3.05, 3.63) is 0 Å². The molecular weight excluding hydrogens is 234 g/mol. The smallest absolute Gasteiger partial charge is 0.407 e. The van der Waals surface area contributed by atoms with E-state index in [4.69, 9.17) is 9.84 Å². The lowest BCUT2D eigenvalue weighted by Crippen LogP contribution is -2.43. The van der Waals surface area contributed by atoms with E-state index >= 15 is 0 Å². The van der Waals surface area contributed by atoms with E-state index in [9.17, 15) is 9.59 Å². The molecule has 1 aliphatic carbocycles. The number of carboxylic acids is 1. The molecule has 0 bridgehead atoms. The minimum absolute atomic E-state index is 0.0189. The van der Waals surface area contributed by atoms with Gasteiger partial charge >= 0.3 is 12.1 Å². The summed E-state index contributed by atoms with van der Waals surface area (Å²) in [4.78, 5) is 22.6. The first-order chi connectivity index (χ1) is 8.19. The van der Waals surface area contributed by atoms with Crippen LogP contribution in [0.2, 0.25) is 0 Å². The summed E-state index contributed by atoms with van der Waals surface area (Å²) in [6.45, 7) is 7.37. The summed E-state index contributed by atoms with van der Waals surface area (Å²) in [5, 5.41) is 11.8. The van der Waals surface area contributed by atoms with Gasteiger partial charge in [0.25, 0.3) is 0 Å². The van der Waals surface area contributed by atoms with Gasteiger partial charge in [-0.2, -0.15) is 0 Å². The van der Waals surface area contributed by atoms with Crippen molar-refractivity contribution < 1.29 is 19.4 Å². The molecule has 1 fully saturated rings. The van der Waals surface area contributed by atoms with Gasteiger partial charge in [-0.25, -0.2) is 4.79 Å². The molecule has 5 nitrogen and oxygen atoms in total. The Morgan fingerprint density at radius 1 is 1.28 bits per heavy atom. The molecule has 0 heterocycles. The molecule has 3 atom stereocenters. The molecule has 1 rings (SSSR count). The van der Waals surface area contributed by atoms with E-state index in [2.05, 4.69) is 5.32 Å². The van der Waals surface area contributed by atoms with Crippen molar-refractivity contribution in [2.45, 2.75) is 58.6 Å². The number of hydrogen-bond acceptors (Lipinski definition) is 3. The summed E-state index contributed by atoms with van der Waals surface area (Å²) >= 11 is 0. The van der Waals surface area contributed by atoms with Crippen LogP contribution in [0.15, 0.2) is 0 Å². The number of carbonyl (C=O) groups is 2. The number of carbonyl (C=O) groups excluding carboxylic acids is 1. The Morgan fingerprint density at radius 2 is 1.89 bits per heavy atom. The van der Waals surface area contributed by atoms with Crippen LogP contribution >= 0.6 is 0 Å². The Hall–Kier alpha value is -1.26. The summed E-state index contributed by atoms with van der Waals surface area (Å²) in [5.74, 6) is -0.948. The molecule has 2 N–H and O–H groups in total. The molecule has 0 aromatic carbocycles. The van der Waals surface area contributed by atoms with Crippen LogP contribution < -0.4 is 5.32 Å². The van der Waals surface area contributed by atoms with Crippen LogP contribution in [-0.4, -0.2) is 28.8 Å². The zero-order valence-electron chi connectivity index (χ0n) is 11.5. The second-order valence-electron chi connectivity index (χ2n) is 6.08. The van der Waals surface area contributed by atoms with Crippen molar-refractivity contribution in [3.63, 3.8) is 0 Å². The van der Waals surface area contributed by atoms with E-state index in [1.165, 1.54) is 0 Å². The molecule has 1 saturated carbocycles. The lowest BCUT2D eigenvalue weighted by molar-refractivity contribution is -0.144. The average molecular weight is 257 g/mol. The highest BCUT2D eigenvalue weighted by atomic mass is 16.6. The Morgan fingerprint density at radius 3 is 2.33 bits per heavy atom. The number of nitrogens with one attached hydrogen (secondary N) is 1. The topological polar surface area (TPSA) is 75.6 Å². The number of hydrogen-bond donors (Lipinski definition) is 2. The van der Waals surface area contributed by atoms with Crippen molar-refractivity contribution in [2.75, 3.05) is 0 Å². The molecule has 1 amide bonds. The van der Waals surface area contributed by atoms with E-state index in [-0.39, 0.29) is 17.9 Å². The number of aliphatic carboxylic acids is 1. The van der Waals surface area contributed by atoms with Crippen molar-refractivity contribution in [1.82, 2.24) is 5.32 Å². The van der Waals surface area contributed by atoms with E-state index in [0.717, 1.165) is 0 Å². The molecule has 104 valence electrons. The van der Waals surface area contributed by atoms with Crippen molar-refractivity contribution in [2.24, 2.45) is 11.8 Å². The molecule has 18 heavy (non-hydrogen) atoms. The quantitative estimate of drug-likeness (QED) is 0.796. The van der Waals surface area contributed by atoms with Gasteiger partial charge in [-0.1, -0.05) is 6.92 Å². The number of amides is 1. The number of rotatable bonds is 2. The predicted molar refractivity (Wildman–Crippen MR) is 67.3 cm³/mol. The van der Waals surface area contributed by atoms with Crippen LogP contribution in [0.25, 0.3) is 0 Å². The lowest BCUT2D eigenvalue weighted by Gasteiger charge is -2.32. The standard InChI is InChI=1S/C13H23NO4/c1-8-7-9(5-6-10(8)11(15)16)14-12(17)18-13(2,3)4/h8-10H,5-7H2,1-4H3,(H,14,17)(H,15,16)/t8-,9-,10?/m0/s1. The molecule has 0 saturated heterocycles. The van der Waals surface area contributed by atoms with E-state index < -0.39 is 17.7 Å². The monoisotopic (exact) mass is 257 g/mol. The maximum atomic E-state index is 11.6.